The summed E-state index contributed by atoms with van der Waals surface area (Å²) in [5.74, 6) is -3.18. The van der Waals surface area contributed by atoms with Gasteiger partial charge in [-0.2, -0.15) is 0 Å². The van der Waals surface area contributed by atoms with Gasteiger partial charge in [-0.1, -0.05) is 209 Å². The molecule has 1 heterocycles. The largest absolute Gasteiger partial charge is 0.479 e. The first kappa shape index (κ1) is 70.9. The Morgan fingerprint density at radius 1 is 0.442 bits per heavy atom. The monoisotopic (exact) mass is 1080 g/mol. The van der Waals surface area contributed by atoms with Gasteiger partial charge in [-0.3, -0.25) is 14.4 Å². The smallest absolute Gasteiger partial charge is 0.335 e. The van der Waals surface area contributed by atoms with Crippen molar-refractivity contribution in [2.75, 3.05) is 13.2 Å². The molecule has 1 fully saturated rings. The van der Waals surface area contributed by atoms with Crippen LogP contribution in [0.5, 0.6) is 0 Å². The summed E-state index contributed by atoms with van der Waals surface area (Å²) >= 11 is 0. The van der Waals surface area contributed by atoms with Crippen molar-refractivity contribution < 1.29 is 58.2 Å². The number of aliphatic hydroxyl groups is 2. The third kappa shape index (κ3) is 42.5. The average Bonchev–Trinajstić information content (AvgIpc) is 3.42. The lowest BCUT2D eigenvalue weighted by molar-refractivity contribution is -0.301. The normalized spacial score (nSPS) is 18.6. The van der Waals surface area contributed by atoms with Crippen LogP contribution in [0.15, 0.2) is 85.1 Å². The lowest BCUT2D eigenvalue weighted by Gasteiger charge is -2.40. The van der Waals surface area contributed by atoms with Crippen molar-refractivity contribution in [2.45, 2.75) is 289 Å². The van der Waals surface area contributed by atoms with Crippen LogP contribution in [-0.2, 0) is 42.9 Å². The molecule has 0 aromatic rings. The molecule has 0 bridgehead atoms. The highest BCUT2D eigenvalue weighted by molar-refractivity contribution is 5.74. The van der Waals surface area contributed by atoms with E-state index in [4.69, 9.17) is 23.7 Å². The van der Waals surface area contributed by atoms with Crippen LogP contribution in [0.25, 0.3) is 0 Å². The predicted octanol–water partition coefficient (Wildman–Crippen LogP) is 15.9. The van der Waals surface area contributed by atoms with Crippen molar-refractivity contribution in [3.63, 3.8) is 0 Å². The van der Waals surface area contributed by atoms with Crippen molar-refractivity contribution in [2.24, 2.45) is 0 Å². The number of unbranched alkanes of at least 4 members (excludes halogenated alkanes) is 23. The Balaban J connectivity index is 2.68. The van der Waals surface area contributed by atoms with Crippen LogP contribution in [0.3, 0.4) is 0 Å². The lowest BCUT2D eigenvalue weighted by Crippen LogP contribution is -2.61. The highest BCUT2D eigenvalue weighted by Crippen LogP contribution is 2.26. The second kappa shape index (κ2) is 52.6. The van der Waals surface area contributed by atoms with Gasteiger partial charge in [0.05, 0.1) is 6.61 Å². The molecule has 0 amide bonds. The molecule has 6 unspecified atom stereocenters. The quantitative estimate of drug-likeness (QED) is 0.0228. The number of carbonyl (C=O) groups excluding carboxylic acids is 3. The molecular formula is C65H108O12. The minimum Gasteiger partial charge on any atom is -0.479 e. The molecule has 0 spiro atoms. The molecule has 3 N–H and O–H groups in total. The Bertz CT molecular complexity index is 1660. The molecule has 12 heteroatoms. The summed E-state index contributed by atoms with van der Waals surface area (Å²) in [5.41, 5.74) is 0. The van der Waals surface area contributed by atoms with E-state index in [9.17, 15) is 34.5 Å². The first-order valence-corrected chi connectivity index (χ1v) is 30.6. The van der Waals surface area contributed by atoms with Crippen molar-refractivity contribution in [1.82, 2.24) is 0 Å². The zero-order valence-corrected chi connectivity index (χ0v) is 48.4. The highest BCUT2D eigenvalue weighted by atomic mass is 16.7. The van der Waals surface area contributed by atoms with Gasteiger partial charge in [0.25, 0.3) is 0 Å². The summed E-state index contributed by atoms with van der Waals surface area (Å²) in [6.07, 6.45) is 55.5. The number of aliphatic hydroxyl groups excluding tert-OH is 2. The Hall–Kier alpha value is -4.10. The van der Waals surface area contributed by atoms with Crippen molar-refractivity contribution in [3.8, 4) is 0 Å². The molecule has 6 atom stereocenters. The number of carboxylic acid groups (broad SMARTS) is 1. The number of allylic oxidation sites excluding steroid dienone is 14. The number of hydrogen-bond acceptors (Lipinski definition) is 11. The molecule has 1 aliphatic rings. The minimum absolute atomic E-state index is 0.0505. The van der Waals surface area contributed by atoms with E-state index in [1.165, 1.54) is 70.6 Å². The van der Waals surface area contributed by atoms with Crippen LogP contribution >= 0.6 is 0 Å². The number of aliphatic carboxylic acids is 1. The molecule has 0 saturated carbocycles. The van der Waals surface area contributed by atoms with Crippen LogP contribution in [-0.4, -0.2) is 89.2 Å². The van der Waals surface area contributed by atoms with Crippen LogP contribution in [0.2, 0.25) is 0 Å². The SMILES string of the molecule is CC/C=C\C/C=C\C/C=C\CCCCCCCC(=O)OCC(COC1OC(C(=O)O)C(O)C(O)C1OC(=O)CCCCCCCCCCC/C=C\CCCCCCCC)OC(=O)CCCCC/C=C\C/C=C\C/C=C\CC. The summed E-state index contributed by atoms with van der Waals surface area (Å²) in [4.78, 5) is 51.2. The molecule has 1 saturated heterocycles. The predicted molar refractivity (Wildman–Crippen MR) is 312 cm³/mol. The lowest BCUT2D eigenvalue weighted by atomic mass is 9.98. The number of rotatable bonds is 51. The number of esters is 3. The van der Waals surface area contributed by atoms with Gasteiger partial charge < -0.3 is 39.0 Å². The average molecular weight is 1080 g/mol. The third-order valence-electron chi connectivity index (χ3n) is 13.4. The molecule has 1 rings (SSSR count). The Morgan fingerprint density at radius 2 is 0.818 bits per heavy atom. The van der Waals surface area contributed by atoms with E-state index < -0.39 is 67.3 Å². The summed E-state index contributed by atoms with van der Waals surface area (Å²) in [7, 11) is 0. The number of carbonyl (C=O) groups is 4. The van der Waals surface area contributed by atoms with E-state index in [2.05, 4.69) is 106 Å². The van der Waals surface area contributed by atoms with Crippen molar-refractivity contribution in [1.29, 1.82) is 0 Å². The zero-order chi connectivity index (χ0) is 56.1. The molecule has 1 aliphatic heterocycles. The van der Waals surface area contributed by atoms with E-state index in [0.717, 1.165) is 122 Å². The molecule has 0 aliphatic carbocycles. The van der Waals surface area contributed by atoms with E-state index in [0.29, 0.717) is 19.3 Å². The number of ether oxygens (including phenoxy) is 5. The standard InChI is InChI=1S/C65H108O12/c1-4-7-10-13-16-19-22-25-27-28-29-30-32-35-38-41-44-47-50-53-59(68)76-63-61(70)60(69)62(64(71)72)77-65(63)74-55-56(75-58(67)52-49-46-43-40-37-33-24-21-18-15-12-9-6-3)54-73-57(66)51-48-45-42-39-36-34-31-26-23-20-17-14-11-8-5-2/h8-9,11-12,17-18,20-21,25-27,31,33,37,56,60-63,65,69-70H,4-7,10,13-16,19,22-24,28-30,32,34-36,38-55H2,1-3H3,(H,71,72)/b11-8-,12-9-,20-17-,21-18-,27-25-,31-26-,37-33-. The molecule has 440 valence electrons. The highest BCUT2D eigenvalue weighted by Gasteiger charge is 2.50. The fourth-order valence-electron chi connectivity index (χ4n) is 8.80. The summed E-state index contributed by atoms with van der Waals surface area (Å²) < 4.78 is 28.4. The molecule has 77 heavy (non-hydrogen) atoms. The first-order valence-electron chi connectivity index (χ1n) is 30.6. The van der Waals surface area contributed by atoms with Crippen molar-refractivity contribution >= 4 is 23.9 Å². The van der Waals surface area contributed by atoms with E-state index in [1.54, 1.807) is 0 Å². The number of hydrogen-bond donors (Lipinski definition) is 3. The van der Waals surface area contributed by atoms with Gasteiger partial charge in [0, 0.05) is 19.3 Å². The van der Waals surface area contributed by atoms with Gasteiger partial charge in [0.1, 0.15) is 18.8 Å². The molecule has 12 nitrogen and oxygen atoms in total. The molecule has 0 aromatic heterocycles. The van der Waals surface area contributed by atoms with Gasteiger partial charge in [-0.25, -0.2) is 4.79 Å². The van der Waals surface area contributed by atoms with Crippen LogP contribution in [0.1, 0.15) is 252 Å². The fraction of sp³-hybridized carbons (Fsp3) is 0.723. The van der Waals surface area contributed by atoms with Gasteiger partial charge in [-0.05, 0) is 109 Å². The van der Waals surface area contributed by atoms with Crippen molar-refractivity contribution in [3.05, 3.63) is 85.1 Å². The molecule has 0 aromatic carbocycles. The summed E-state index contributed by atoms with van der Waals surface area (Å²) in [5, 5.41) is 31.5. The van der Waals surface area contributed by atoms with Gasteiger partial charge in [0.2, 0.25) is 0 Å². The molecular weight excluding hydrogens is 973 g/mol. The summed E-state index contributed by atoms with van der Waals surface area (Å²) in [6.45, 7) is 5.73. The maximum atomic E-state index is 13.1. The van der Waals surface area contributed by atoms with Crippen LogP contribution in [0.4, 0.5) is 0 Å². The molecule has 0 radical (unpaired) electrons. The van der Waals surface area contributed by atoms with Crippen LogP contribution < -0.4 is 0 Å². The van der Waals surface area contributed by atoms with E-state index in [1.807, 2.05) is 0 Å². The topological polar surface area (TPSA) is 175 Å². The second-order valence-electron chi connectivity index (χ2n) is 20.6. The zero-order valence-electron chi connectivity index (χ0n) is 48.4. The fourth-order valence-corrected chi connectivity index (χ4v) is 8.80. The van der Waals surface area contributed by atoms with E-state index in [-0.39, 0.29) is 25.9 Å². The first-order chi connectivity index (χ1) is 37.6. The Kier molecular flexibility index (Phi) is 48.4. The maximum absolute atomic E-state index is 13.1. The summed E-state index contributed by atoms with van der Waals surface area (Å²) in [6, 6.07) is 0. The minimum atomic E-state index is -1.91. The third-order valence-corrected chi connectivity index (χ3v) is 13.4. The Labute approximate surface area is 467 Å². The maximum Gasteiger partial charge on any atom is 0.335 e. The Morgan fingerprint density at radius 3 is 1.27 bits per heavy atom. The van der Waals surface area contributed by atoms with Gasteiger partial charge in [0.15, 0.2) is 24.6 Å². The number of carboxylic acids is 1. The van der Waals surface area contributed by atoms with Crippen LogP contribution in [0, 0.1) is 0 Å². The van der Waals surface area contributed by atoms with Gasteiger partial charge in [-0.15, -0.1) is 0 Å². The van der Waals surface area contributed by atoms with Gasteiger partial charge >= 0.3 is 23.9 Å². The second-order valence-corrected chi connectivity index (χ2v) is 20.6. The van der Waals surface area contributed by atoms with E-state index >= 15 is 0 Å².